The SMILES string of the molecule is COC(=O)c1c(NC(=O)COc2cccc(C#N)c2)sc2c1CCC(C)C2. The normalized spacial score (nSPS) is 15.4. The lowest BCUT2D eigenvalue weighted by Gasteiger charge is -2.18. The molecule has 1 atom stereocenters. The van der Waals surface area contributed by atoms with Crippen LogP contribution in [0.1, 0.15) is 39.7 Å². The van der Waals surface area contributed by atoms with Gasteiger partial charge in [0.25, 0.3) is 5.91 Å². The molecule has 3 rings (SSSR count). The van der Waals surface area contributed by atoms with Gasteiger partial charge in [-0.15, -0.1) is 11.3 Å². The van der Waals surface area contributed by atoms with E-state index in [1.54, 1.807) is 24.3 Å². The van der Waals surface area contributed by atoms with E-state index in [4.69, 9.17) is 14.7 Å². The number of carbonyl (C=O) groups is 2. The summed E-state index contributed by atoms with van der Waals surface area (Å²) in [5.74, 6) is 0.201. The smallest absolute Gasteiger partial charge is 0.341 e. The van der Waals surface area contributed by atoms with Gasteiger partial charge in [-0.3, -0.25) is 4.79 Å². The Bertz CT molecular complexity index is 913. The monoisotopic (exact) mass is 384 g/mol. The van der Waals surface area contributed by atoms with E-state index in [1.165, 1.54) is 18.4 Å². The largest absolute Gasteiger partial charge is 0.484 e. The molecule has 140 valence electrons. The van der Waals surface area contributed by atoms with Crippen molar-refractivity contribution in [2.75, 3.05) is 19.0 Å². The van der Waals surface area contributed by atoms with Crippen LogP contribution in [-0.2, 0) is 22.4 Å². The molecule has 0 aliphatic heterocycles. The molecule has 1 unspecified atom stereocenters. The second-order valence-electron chi connectivity index (χ2n) is 6.52. The van der Waals surface area contributed by atoms with Gasteiger partial charge in [-0.2, -0.15) is 5.26 Å². The molecule has 0 spiro atoms. The predicted octanol–water partition coefficient (Wildman–Crippen LogP) is 3.55. The molecule has 6 nitrogen and oxygen atoms in total. The number of carbonyl (C=O) groups excluding carboxylic acids is 2. The maximum absolute atomic E-state index is 12.3. The molecule has 1 aliphatic rings. The highest BCUT2D eigenvalue weighted by molar-refractivity contribution is 7.17. The summed E-state index contributed by atoms with van der Waals surface area (Å²) in [7, 11) is 1.34. The van der Waals surface area contributed by atoms with Crippen LogP contribution in [0.3, 0.4) is 0 Å². The number of anilines is 1. The molecular formula is C20H20N2O4S. The quantitative estimate of drug-likeness (QED) is 0.797. The van der Waals surface area contributed by atoms with Crippen molar-refractivity contribution >= 4 is 28.2 Å². The maximum Gasteiger partial charge on any atom is 0.341 e. The summed E-state index contributed by atoms with van der Waals surface area (Å²) in [6.45, 7) is 1.97. The van der Waals surface area contributed by atoms with Crippen molar-refractivity contribution < 1.29 is 19.1 Å². The molecule has 0 radical (unpaired) electrons. The highest BCUT2D eigenvalue weighted by atomic mass is 32.1. The number of ether oxygens (including phenoxy) is 2. The van der Waals surface area contributed by atoms with E-state index in [0.29, 0.717) is 27.8 Å². The lowest BCUT2D eigenvalue weighted by atomic mass is 9.88. The Morgan fingerprint density at radius 3 is 2.96 bits per heavy atom. The zero-order valence-electron chi connectivity index (χ0n) is 15.2. The number of hydrogen-bond acceptors (Lipinski definition) is 6. The minimum Gasteiger partial charge on any atom is -0.484 e. The van der Waals surface area contributed by atoms with Crippen LogP contribution >= 0.6 is 11.3 Å². The van der Waals surface area contributed by atoms with E-state index >= 15 is 0 Å². The number of nitriles is 1. The van der Waals surface area contributed by atoms with Gasteiger partial charge < -0.3 is 14.8 Å². The number of fused-ring (bicyclic) bond motifs is 1. The van der Waals surface area contributed by atoms with Crippen molar-refractivity contribution in [1.29, 1.82) is 5.26 Å². The molecule has 0 saturated heterocycles. The third-order valence-corrected chi connectivity index (χ3v) is 5.66. The predicted molar refractivity (Wildman–Crippen MR) is 102 cm³/mol. The van der Waals surface area contributed by atoms with Gasteiger partial charge in [0.05, 0.1) is 24.3 Å². The summed E-state index contributed by atoms with van der Waals surface area (Å²) in [6, 6.07) is 8.62. The average Bonchev–Trinajstić information content (AvgIpc) is 3.02. The fraction of sp³-hybridized carbons (Fsp3) is 0.350. The standard InChI is InChI=1S/C20H20N2O4S/c1-12-6-7-15-16(8-12)27-19(18(15)20(24)25-2)22-17(23)11-26-14-5-3-4-13(9-14)10-21/h3-5,9,12H,6-8,11H2,1-2H3,(H,22,23). The minimum absolute atomic E-state index is 0.214. The van der Waals surface area contributed by atoms with Crippen LogP contribution in [0.2, 0.25) is 0 Å². The fourth-order valence-electron chi connectivity index (χ4n) is 3.12. The minimum atomic E-state index is -0.431. The first-order valence-corrected chi connectivity index (χ1v) is 9.49. The van der Waals surface area contributed by atoms with E-state index in [9.17, 15) is 9.59 Å². The van der Waals surface area contributed by atoms with Crippen LogP contribution in [0.15, 0.2) is 24.3 Å². The Hall–Kier alpha value is -2.85. The molecule has 7 heteroatoms. The summed E-state index contributed by atoms with van der Waals surface area (Å²) in [5, 5.41) is 12.2. The molecule has 1 aromatic carbocycles. The summed E-state index contributed by atoms with van der Waals surface area (Å²) >= 11 is 1.43. The Morgan fingerprint density at radius 2 is 2.22 bits per heavy atom. The van der Waals surface area contributed by atoms with E-state index < -0.39 is 5.97 Å². The number of esters is 1. The van der Waals surface area contributed by atoms with Crippen LogP contribution < -0.4 is 10.1 Å². The van der Waals surface area contributed by atoms with E-state index in [0.717, 1.165) is 29.7 Å². The summed E-state index contributed by atoms with van der Waals surface area (Å²) < 4.78 is 10.4. The van der Waals surface area contributed by atoms with Crippen molar-refractivity contribution in [3.05, 3.63) is 45.8 Å². The number of nitrogens with one attached hydrogen (secondary N) is 1. The Kier molecular flexibility index (Phi) is 5.77. The first kappa shape index (κ1) is 18.9. The molecule has 27 heavy (non-hydrogen) atoms. The number of nitrogens with zero attached hydrogens (tertiary/aromatic N) is 1. The van der Waals surface area contributed by atoms with Gasteiger partial charge in [0, 0.05) is 4.88 Å². The van der Waals surface area contributed by atoms with E-state index in [-0.39, 0.29) is 12.5 Å². The first-order chi connectivity index (χ1) is 13.0. The zero-order chi connectivity index (χ0) is 19.4. The molecule has 1 N–H and O–H groups in total. The lowest BCUT2D eigenvalue weighted by Crippen LogP contribution is -2.21. The number of amides is 1. The Balaban J connectivity index is 1.73. The van der Waals surface area contributed by atoms with Crippen LogP contribution in [0.4, 0.5) is 5.00 Å². The second kappa shape index (κ2) is 8.23. The number of methoxy groups -OCH3 is 1. The van der Waals surface area contributed by atoms with Crippen molar-refractivity contribution in [2.24, 2.45) is 5.92 Å². The van der Waals surface area contributed by atoms with Crippen LogP contribution in [-0.4, -0.2) is 25.6 Å². The number of hydrogen-bond donors (Lipinski definition) is 1. The Morgan fingerprint density at radius 1 is 1.41 bits per heavy atom. The second-order valence-corrected chi connectivity index (χ2v) is 7.63. The van der Waals surface area contributed by atoms with Crippen molar-refractivity contribution in [1.82, 2.24) is 0 Å². The van der Waals surface area contributed by atoms with Gasteiger partial charge in [0.2, 0.25) is 0 Å². The van der Waals surface area contributed by atoms with Crippen molar-refractivity contribution in [2.45, 2.75) is 26.2 Å². The highest BCUT2D eigenvalue weighted by Gasteiger charge is 2.28. The topological polar surface area (TPSA) is 88.4 Å². The maximum atomic E-state index is 12.3. The van der Waals surface area contributed by atoms with E-state index in [2.05, 4.69) is 12.2 Å². The summed E-state index contributed by atoms with van der Waals surface area (Å²) in [5.41, 5.74) is 1.91. The Labute approximate surface area is 161 Å². The van der Waals surface area contributed by atoms with Gasteiger partial charge in [0.1, 0.15) is 10.8 Å². The molecule has 1 aliphatic carbocycles. The third kappa shape index (κ3) is 4.29. The van der Waals surface area contributed by atoms with Crippen molar-refractivity contribution in [3.8, 4) is 11.8 Å². The fourth-order valence-corrected chi connectivity index (χ4v) is 4.54. The lowest BCUT2D eigenvalue weighted by molar-refractivity contribution is -0.118. The number of benzene rings is 1. The van der Waals surface area contributed by atoms with Crippen molar-refractivity contribution in [3.63, 3.8) is 0 Å². The number of rotatable bonds is 5. The zero-order valence-corrected chi connectivity index (χ0v) is 16.0. The molecule has 1 aromatic heterocycles. The van der Waals surface area contributed by atoms with Crippen LogP contribution in [0.5, 0.6) is 5.75 Å². The molecule has 0 saturated carbocycles. The summed E-state index contributed by atoms with van der Waals surface area (Å²) in [4.78, 5) is 25.7. The molecule has 2 aromatic rings. The van der Waals surface area contributed by atoms with Gasteiger partial charge in [-0.25, -0.2) is 4.79 Å². The van der Waals surface area contributed by atoms with Gasteiger partial charge >= 0.3 is 5.97 Å². The molecule has 1 amide bonds. The van der Waals surface area contributed by atoms with E-state index in [1.807, 2.05) is 6.07 Å². The van der Waals surface area contributed by atoms with Gasteiger partial charge in [-0.05, 0) is 48.9 Å². The third-order valence-electron chi connectivity index (χ3n) is 4.49. The highest BCUT2D eigenvalue weighted by Crippen LogP contribution is 2.40. The van der Waals surface area contributed by atoms with Gasteiger partial charge in [-0.1, -0.05) is 13.0 Å². The van der Waals surface area contributed by atoms with Crippen LogP contribution in [0.25, 0.3) is 0 Å². The molecular weight excluding hydrogens is 364 g/mol. The van der Waals surface area contributed by atoms with Gasteiger partial charge in [0.15, 0.2) is 6.61 Å². The molecule has 0 bridgehead atoms. The summed E-state index contributed by atoms with van der Waals surface area (Å²) in [6.07, 6.45) is 2.72. The average molecular weight is 384 g/mol. The number of thiophene rings is 1. The van der Waals surface area contributed by atoms with Crippen LogP contribution in [0, 0.1) is 17.2 Å². The first-order valence-electron chi connectivity index (χ1n) is 8.67. The molecule has 1 heterocycles. The molecule has 0 fully saturated rings.